The fourth-order valence-corrected chi connectivity index (χ4v) is 4.85. The summed E-state index contributed by atoms with van der Waals surface area (Å²) in [5.41, 5.74) is 8.48. The van der Waals surface area contributed by atoms with Gasteiger partial charge in [-0.2, -0.15) is 0 Å². The van der Waals surface area contributed by atoms with E-state index < -0.39 is 0 Å². The molecule has 1 heteroatoms. The molecule has 4 aromatic carbocycles. The number of benzene rings is 4. The highest BCUT2D eigenvalue weighted by atomic mass is 15.0. The van der Waals surface area contributed by atoms with Gasteiger partial charge in [0.2, 0.25) is 0 Å². The zero-order valence-corrected chi connectivity index (χ0v) is 14.8. The van der Waals surface area contributed by atoms with Crippen LogP contribution in [-0.2, 0) is 13.0 Å². The summed E-state index contributed by atoms with van der Waals surface area (Å²) in [4.78, 5) is 0. The van der Waals surface area contributed by atoms with Crippen LogP contribution >= 0.6 is 0 Å². The van der Waals surface area contributed by atoms with Crippen LogP contribution in [0.5, 0.6) is 0 Å². The Balaban J connectivity index is 1.80. The van der Waals surface area contributed by atoms with Crippen LogP contribution in [0.3, 0.4) is 0 Å². The molecule has 0 atom stereocenters. The van der Waals surface area contributed by atoms with Gasteiger partial charge in [-0.25, -0.2) is 0 Å². The first-order chi connectivity index (χ1) is 12.8. The summed E-state index contributed by atoms with van der Waals surface area (Å²) in [5, 5.41) is 5.47. The van der Waals surface area contributed by atoms with Crippen LogP contribution in [0.1, 0.15) is 18.1 Å². The standard InChI is InChI=1S/C25H19N/c1-2-26-22-10-6-5-9-20(22)25-23(26)12-11-18-14-19-13-16-7-3-4-8-17(16)15-21(19)24(18)25/h3-13,15H,2,14H2,1H3. The Hall–Kier alpha value is -3.06. The van der Waals surface area contributed by atoms with Crippen molar-refractivity contribution in [3.05, 3.63) is 83.9 Å². The second-order valence-electron chi connectivity index (χ2n) is 7.29. The average molecular weight is 333 g/mol. The normalized spacial score (nSPS) is 12.8. The summed E-state index contributed by atoms with van der Waals surface area (Å²) in [5.74, 6) is 0. The fourth-order valence-electron chi connectivity index (χ4n) is 4.85. The Morgan fingerprint density at radius 2 is 1.54 bits per heavy atom. The molecule has 0 fully saturated rings. The van der Waals surface area contributed by atoms with E-state index >= 15 is 0 Å². The molecule has 1 aromatic heterocycles. The highest BCUT2D eigenvalue weighted by Crippen LogP contribution is 2.46. The smallest absolute Gasteiger partial charge is 0.0497 e. The maximum Gasteiger partial charge on any atom is 0.0497 e. The van der Waals surface area contributed by atoms with E-state index in [1.807, 2.05) is 0 Å². The summed E-state index contributed by atoms with van der Waals surface area (Å²) in [6.07, 6.45) is 1.04. The number of hydrogen-bond donors (Lipinski definition) is 0. The van der Waals surface area contributed by atoms with Crippen LogP contribution in [0.15, 0.2) is 72.8 Å². The van der Waals surface area contributed by atoms with Gasteiger partial charge in [-0.15, -0.1) is 0 Å². The maximum absolute atomic E-state index is 2.45. The Kier molecular flexibility index (Phi) is 2.71. The van der Waals surface area contributed by atoms with E-state index in [-0.39, 0.29) is 0 Å². The van der Waals surface area contributed by atoms with Gasteiger partial charge in [0.1, 0.15) is 0 Å². The number of aryl methyl sites for hydroxylation is 1. The van der Waals surface area contributed by atoms with E-state index in [0.717, 1.165) is 13.0 Å². The predicted octanol–water partition coefficient (Wildman–Crippen LogP) is 6.54. The summed E-state index contributed by atoms with van der Waals surface area (Å²) < 4.78 is 2.45. The summed E-state index contributed by atoms with van der Waals surface area (Å²) in [6.45, 7) is 3.23. The number of fused-ring (bicyclic) bond motifs is 8. The molecule has 0 saturated heterocycles. The van der Waals surface area contributed by atoms with Crippen molar-refractivity contribution in [2.24, 2.45) is 0 Å². The second-order valence-corrected chi connectivity index (χ2v) is 7.29. The van der Waals surface area contributed by atoms with Crippen molar-refractivity contribution in [1.82, 2.24) is 4.57 Å². The lowest BCUT2D eigenvalue weighted by atomic mass is 9.97. The van der Waals surface area contributed by atoms with E-state index in [1.54, 1.807) is 0 Å². The molecule has 0 aliphatic heterocycles. The van der Waals surface area contributed by atoms with Crippen molar-refractivity contribution < 1.29 is 0 Å². The number of hydrogen-bond acceptors (Lipinski definition) is 0. The van der Waals surface area contributed by atoms with Crippen LogP contribution in [0, 0.1) is 0 Å². The molecule has 0 spiro atoms. The molecule has 0 N–H and O–H groups in total. The molecule has 0 amide bonds. The van der Waals surface area contributed by atoms with Gasteiger partial charge >= 0.3 is 0 Å². The van der Waals surface area contributed by atoms with Crippen LogP contribution in [-0.4, -0.2) is 4.57 Å². The van der Waals surface area contributed by atoms with Crippen molar-refractivity contribution in [3.8, 4) is 11.1 Å². The molecule has 1 nitrogen and oxygen atoms in total. The fraction of sp³-hybridized carbons (Fsp3) is 0.120. The second kappa shape index (κ2) is 4.98. The SMILES string of the molecule is CCn1c2ccccc2c2c3c(ccc21)Cc1cc2ccccc2cc1-3. The first-order valence-electron chi connectivity index (χ1n) is 9.40. The summed E-state index contributed by atoms with van der Waals surface area (Å²) in [7, 11) is 0. The number of nitrogens with zero attached hydrogens (tertiary/aromatic N) is 1. The molecule has 0 saturated carbocycles. The molecule has 0 radical (unpaired) electrons. The van der Waals surface area contributed by atoms with Crippen molar-refractivity contribution in [2.45, 2.75) is 19.9 Å². The van der Waals surface area contributed by atoms with Gasteiger partial charge in [0.25, 0.3) is 0 Å². The quantitative estimate of drug-likeness (QED) is 0.322. The Bertz CT molecular complexity index is 1340. The van der Waals surface area contributed by atoms with Gasteiger partial charge in [0.15, 0.2) is 0 Å². The van der Waals surface area contributed by atoms with Crippen molar-refractivity contribution in [1.29, 1.82) is 0 Å². The zero-order chi connectivity index (χ0) is 17.3. The van der Waals surface area contributed by atoms with Gasteiger partial charge in [-0.05, 0) is 64.6 Å². The molecule has 0 bridgehead atoms. The minimum absolute atomic E-state index is 0.993. The third-order valence-corrected chi connectivity index (χ3v) is 5.96. The Morgan fingerprint density at radius 1 is 0.769 bits per heavy atom. The zero-order valence-electron chi connectivity index (χ0n) is 14.8. The summed E-state index contributed by atoms with van der Waals surface area (Å²) >= 11 is 0. The largest absolute Gasteiger partial charge is 0.341 e. The van der Waals surface area contributed by atoms with Crippen molar-refractivity contribution in [2.75, 3.05) is 0 Å². The van der Waals surface area contributed by atoms with Gasteiger partial charge in [0.05, 0.1) is 0 Å². The number of para-hydroxylation sites is 1. The Labute approximate surface area is 152 Å². The third kappa shape index (κ3) is 1.70. The van der Waals surface area contributed by atoms with E-state index in [1.165, 1.54) is 54.8 Å². The highest BCUT2D eigenvalue weighted by Gasteiger charge is 2.24. The minimum Gasteiger partial charge on any atom is -0.341 e. The van der Waals surface area contributed by atoms with Gasteiger partial charge in [-0.1, -0.05) is 54.6 Å². The predicted molar refractivity (Wildman–Crippen MR) is 111 cm³/mol. The first kappa shape index (κ1) is 14.1. The molecule has 26 heavy (non-hydrogen) atoms. The van der Waals surface area contributed by atoms with Crippen LogP contribution in [0.4, 0.5) is 0 Å². The number of rotatable bonds is 1. The van der Waals surface area contributed by atoms with Gasteiger partial charge in [-0.3, -0.25) is 0 Å². The first-order valence-corrected chi connectivity index (χ1v) is 9.40. The lowest BCUT2D eigenvalue weighted by Crippen LogP contribution is -1.93. The molecular formula is C25H19N. The van der Waals surface area contributed by atoms with Gasteiger partial charge < -0.3 is 4.57 Å². The van der Waals surface area contributed by atoms with E-state index in [0.29, 0.717) is 0 Å². The molecule has 1 heterocycles. The van der Waals surface area contributed by atoms with Crippen molar-refractivity contribution in [3.63, 3.8) is 0 Å². The van der Waals surface area contributed by atoms with Crippen LogP contribution < -0.4 is 0 Å². The summed E-state index contributed by atoms with van der Waals surface area (Å²) in [6, 6.07) is 27.0. The maximum atomic E-state index is 2.45. The molecule has 6 rings (SSSR count). The minimum atomic E-state index is 0.993. The van der Waals surface area contributed by atoms with Crippen LogP contribution in [0.25, 0.3) is 43.7 Å². The van der Waals surface area contributed by atoms with E-state index in [9.17, 15) is 0 Å². The Morgan fingerprint density at radius 3 is 2.38 bits per heavy atom. The van der Waals surface area contributed by atoms with Crippen molar-refractivity contribution >= 4 is 32.6 Å². The number of aromatic nitrogens is 1. The molecule has 1 aliphatic carbocycles. The average Bonchev–Trinajstić information content (AvgIpc) is 3.20. The lowest BCUT2D eigenvalue weighted by Gasteiger charge is -2.07. The van der Waals surface area contributed by atoms with Crippen LogP contribution in [0.2, 0.25) is 0 Å². The molecule has 0 unspecified atom stereocenters. The molecule has 124 valence electrons. The monoisotopic (exact) mass is 333 g/mol. The third-order valence-electron chi connectivity index (χ3n) is 5.96. The highest BCUT2D eigenvalue weighted by molar-refractivity contribution is 6.17. The lowest BCUT2D eigenvalue weighted by molar-refractivity contribution is 0.827. The van der Waals surface area contributed by atoms with E-state index in [2.05, 4.69) is 84.3 Å². The molecular weight excluding hydrogens is 314 g/mol. The van der Waals surface area contributed by atoms with Gasteiger partial charge in [0, 0.05) is 28.4 Å². The molecule has 5 aromatic rings. The van der Waals surface area contributed by atoms with E-state index in [4.69, 9.17) is 0 Å². The topological polar surface area (TPSA) is 4.93 Å². The molecule has 1 aliphatic rings.